The van der Waals surface area contributed by atoms with Crippen molar-refractivity contribution < 1.29 is 14.4 Å². The number of para-hydroxylation sites is 1. The summed E-state index contributed by atoms with van der Waals surface area (Å²) in [6.07, 6.45) is 0. The number of anilines is 2. The van der Waals surface area contributed by atoms with E-state index in [0.29, 0.717) is 11.4 Å². The van der Waals surface area contributed by atoms with Gasteiger partial charge in [0.15, 0.2) is 0 Å². The average molecular weight is 420 g/mol. The molecule has 1 unspecified atom stereocenters. The van der Waals surface area contributed by atoms with Gasteiger partial charge in [0.1, 0.15) is 5.25 Å². The van der Waals surface area contributed by atoms with Crippen molar-refractivity contribution in [1.29, 1.82) is 0 Å². The number of hydrogen-bond acceptors (Lipinski definition) is 4. The number of primary amides is 1. The molecule has 0 aromatic heterocycles. The minimum Gasteiger partial charge on any atom is -0.366 e. The first-order valence-electron chi connectivity index (χ1n) is 9.23. The molecule has 0 aliphatic carbocycles. The van der Waals surface area contributed by atoms with Crippen LogP contribution in [0.1, 0.15) is 28.1 Å². The van der Waals surface area contributed by atoms with Crippen molar-refractivity contribution in [3.63, 3.8) is 0 Å². The maximum absolute atomic E-state index is 13.2. The lowest BCUT2D eigenvalue weighted by atomic mass is 10.1. The van der Waals surface area contributed by atoms with Crippen LogP contribution in [0.25, 0.3) is 0 Å². The Labute approximate surface area is 178 Å². The lowest BCUT2D eigenvalue weighted by Gasteiger charge is -2.18. The van der Waals surface area contributed by atoms with Crippen LogP contribution < -0.4 is 16.4 Å². The molecule has 3 aromatic rings. The van der Waals surface area contributed by atoms with Crippen LogP contribution in [0, 0.1) is 0 Å². The van der Waals surface area contributed by atoms with Gasteiger partial charge in [-0.2, -0.15) is 0 Å². The summed E-state index contributed by atoms with van der Waals surface area (Å²) in [7, 11) is 0. The Balaban J connectivity index is 1.90. The molecule has 152 valence electrons. The van der Waals surface area contributed by atoms with Crippen molar-refractivity contribution in [2.75, 3.05) is 10.6 Å². The lowest BCUT2D eigenvalue weighted by molar-refractivity contribution is -0.116. The summed E-state index contributed by atoms with van der Waals surface area (Å²) in [6, 6.07) is 23.2. The summed E-state index contributed by atoms with van der Waals surface area (Å²) in [5.74, 6) is -1.07. The minimum absolute atomic E-state index is 0.169. The number of carbonyl (C=O) groups is 3. The van der Waals surface area contributed by atoms with Crippen LogP contribution in [0.5, 0.6) is 0 Å². The van der Waals surface area contributed by atoms with Crippen LogP contribution in [0.2, 0.25) is 0 Å². The highest BCUT2D eigenvalue weighted by molar-refractivity contribution is 8.00. The van der Waals surface area contributed by atoms with E-state index in [0.717, 1.165) is 10.5 Å². The van der Waals surface area contributed by atoms with Crippen LogP contribution in [0.4, 0.5) is 11.4 Å². The molecule has 0 saturated carbocycles. The van der Waals surface area contributed by atoms with E-state index in [4.69, 9.17) is 5.73 Å². The molecular formula is C23H21N3O3S. The van der Waals surface area contributed by atoms with Gasteiger partial charge in [-0.25, -0.2) is 0 Å². The quantitative estimate of drug-likeness (QED) is 0.499. The summed E-state index contributed by atoms with van der Waals surface area (Å²) in [5, 5.41) is 4.99. The molecule has 0 bridgehead atoms. The van der Waals surface area contributed by atoms with Gasteiger partial charge < -0.3 is 16.4 Å². The normalized spacial score (nSPS) is 11.4. The molecule has 0 spiro atoms. The summed E-state index contributed by atoms with van der Waals surface area (Å²) >= 11 is 1.35. The van der Waals surface area contributed by atoms with Gasteiger partial charge in [-0.15, -0.1) is 11.8 Å². The van der Waals surface area contributed by atoms with Crippen LogP contribution in [-0.2, 0) is 9.59 Å². The molecule has 0 heterocycles. The van der Waals surface area contributed by atoms with Crippen molar-refractivity contribution in [2.45, 2.75) is 17.1 Å². The van der Waals surface area contributed by atoms with E-state index < -0.39 is 11.2 Å². The summed E-state index contributed by atoms with van der Waals surface area (Å²) < 4.78 is 0. The molecule has 3 amide bonds. The monoisotopic (exact) mass is 419 g/mol. The molecule has 0 radical (unpaired) electrons. The fraction of sp³-hybridized carbons (Fsp3) is 0.0870. The molecule has 7 heteroatoms. The second-order valence-corrected chi connectivity index (χ2v) is 7.70. The first kappa shape index (κ1) is 21.1. The maximum Gasteiger partial charge on any atom is 0.250 e. The Morgan fingerprint density at radius 2 is 1.57 bits per heavy atom. The van der Waals surface area contributed by atoms with E-state index in [-0.39, 0.29) is 17.4 Å². The highest BCUT2D eigenvalue weighted by Crippen LogP contribution is 2.37. The van der Waals surface area contributed by atoms with Gasteiger partial charge in [-0.1, -0.05) is 48.5 Å². The molecule has 0 saturated heterocycles. The van der Waals surface area contributed by atoms with Gasteiger partial charge in [-0.05, 0) is 35.9 Å². The van der Waals surface area contributed by atoms with Crippen LogP contribution >= 0.6 is 11.8 Å². The maximum atomic E-state index is 13.2. The number of benzene rings is 3. The molecule has 4 N–H and O–H groups in total. The van der Waals surface area contributed by atoms with Crippen LogP contribution in [0.15, 0.2) is 83.8 Å². The number of thioether (sulfide) groups is 1. The first-order chi connectivity index (χ1) is 14.4. The summed E-state index contributed by atoms with van der Waals surface area (Å²) in [4.78, 5) is 37.1. The smallest absolute Gasteiger partial charge is 0.250 e. The third-order valence-electron chi connectivity index (χ3n) is 4.20. The van der Waals surface area contributed by atoms with Crippen molar-refractivity contribution in [2.24, 2.45) is 5.73 Å². The number of carbonyl (C=O) groups excluding carboxylic acids is 3. The third kappa shape index (κ3) is 5.48. The fourth-order valence-electron chi connectivity index (χ4n) is 2.89. The SMILES string of the molecule is CC(=O)Nc1cccc(SC(C(=O)Nc2ccccc2C(N)=O)c2ccccc2)c1. The summed E-state index contributed by atoms with van der Waals surface area (Å²) in [5.41, 5.74) is 7.50. The van der Waals surface area contributed by atoms with Crippen molar-refractivity contribution in [3.8, 4) is 0 Å². The van der Waals surface area contributed by atoms with Gasteiger partial charge in [0, 0.05) is 17.5 Å². The van der Waals surface area contributed by atoms with Crippen molar-refractivity contribution >= 4 is 40.9 Å². The van der Waals surface area contributed by atoms with E-state index in [1.165, 1.54) is 18.7 Å². The van der Waals surface area contributed by atoms with Crippen molar-refractivity contribution in [1.82, 2.24) is 0 Å². The zero-order chi connectivity index (χ0) is 21.5. The van der Waals surface area contributed by atoms with Gasteiger partial charge in [0.25, 0.3) is 5.91 Å². The Morgan fingerprint density at radius 3 is 2.27 bits per heavy atom. The Kier molecular flexibility index (Phi) is 6.87. The topological polar surface area (TPSA) is 101 Å². The highest BCUT2D eigenvalue weighted by Gasteiger charge is 2.23. The van der Waals surface area contributed by atoms with Gasteiger partial charge in [-0.3, -0.25) is 14.4 Å². The van der Waals surface area contributed by atoms with Gasteiger partial charge >= 0.3 is 0 Å². The Hall–Kier alpha value is -3.58. The van der Waals surface area contributed by atoms with Crippen molar-refractivity contribution in [3.05, 3.63) is 90.0 Å². The summed E-state index contributed by atoms with van der Waals surface area (Å²) in [6.45, 7) is 1.44. The molecule has 3 rings (SSSR count). The highest BCUT2D eigenvalue weighted by atomic mass is 32.2. The molecule has 0 aliphatic rings. The predicted octanol–water partition coefficient (Wildman–Crippen LogP) is 4.22. The van der Waals surface area contributed by atoms with Crippen LogP contribution in [-0.4, -0.2) is 17.7 Å². The van der Waals surface area contributed by atoms with E-state index in [2.05, 4.69) is 10.6 Å². The predicted molar refractivity (Wildman–Crippen MR) is 119 cm³/mol. The molecule has 3 aromatic carbocycles. The van der Waals surface area contributed by atoms with Gasteiger partial charge in [0.05, 0.1) is 11.3 Å². The first-order valence-corrected chi connectivity index (χ1v) is 10.1. The van der Waals surface area contributed by atoms with Crippen LogP contribution in [0.3, 0.4) is 0 Å². The Morgan fingerprint density at radius 1 is 0.867 bits per heavy atom. The lowest BCUT2D eigenvalue weighted by Crippen LogP contribution is -2.22. The zero-order valence-electron chi connectivity index (χ0n) is 16.3. The molecule has 30 heavy (non-hydrogen) atoms. The third-order valence-corrected chi connectivity index (χ3v) is 5.45. The second-order valence-electron chi connectivity index (χ2n) is 6.52. The number of amides is 3. The van der Waals surface area contributed by atoms with E-state index in [1.807, 2.05) is 48.5 Å². The van der Waals surface area contributed by atoms with Gasteiger partial charge in [0.2, 0.25) is 11.8 Å². The second kappa shape index (κ2) is 9.76. The number of nitrogens with two attached hydrogens (primary N) is 1. The Bertz CT molecular complexity index is 1070. The standard InChI is InChI=1S/C23H21N3O3S/c1-15(27)25-17-10-7-11-18(14-17)30-21(16-8-3-2-4-9-16)23(29)26-20-13-6-5-12-19(20)22(24)28/h2-14,21H,1H3,(H2,24,28)(H,25,27)(H,26,29). The molecule has 0 fully saturated rings. The largest absolute Gasteiger partial charge is 0.366 e. The van der Waals surface area contributed by atoms with E-state index in [1.54, 1.807) is 30.3 Å². The van der Waals surface area contributed by atoms with E-state index in [9.17, 15) is 14.4 Å². The number of nitrogens with one attached hydrogen (secondary N) is 2. The fourth-order valence-corrected chi connectivity index (χ4v) is 3.98. The number of rotatable bonds is 7. The zero-order valence-corrected chi connectivity index (χ0v) is 17.1. The molecular weight excluding hydrogens is 398 g/mol. The average Bonchev–Trinajstić information content (AvgIpc) is 2.72. The van der Waals surface area contributed by atoms with E-state index >= 15 is 0 Å². The molecule has 0 aliphatic heterocycles. The number of hydrogen-bond donors (Lipinski definition) is 3. The molecule has 1 atom stereocenters. The minimum atomic E-state index is -0.613. The molecule has 6 nitrogen and oxygen atoms in total.